The SMILES string of the molecule is NCc1ccc(-c2cc(Br)ccc2F)cc1F. The highest BCUT2D eigenvalue weighted by molar-refractivity contribution is 9.10. The van der Waals surface area contributed by atoms with E-state index < -0.39 is 5.82 Å². The predicted octanol–water partition coefficient (Wildman–Crippen LogP) is 3.85. The summed E-state index contributed by atoms with van der Waals surface area (Å²) >= 11 is 3.26. The van der Waals surface area contributed by atoms with Gasteiger partial charge in [0.25, 0.3) is 0 Å². The van der Waals surface area contributed by atoms with E-state index in [1.807, 2.05) is 0 Å². The summed E-state index contributed by atoms with van der Waals surface area (Å²) in [4.78, 5) is 0. The lowest BCUT2D eigenvalue weighted by atomic mass is 10.0. The third-order valence-corrected chi connectivity index (χ3v) is 3.01. The first-order valence-electron chi connectivity index (χ1n) is 5.05. The quantitative estimate of drug-likeness (QED) is 0.895. The van der Waals surface area contributed by atoms with E-state index in [0.717, 1.165) is 4.47 Å². The molecule has 0 fully saturated rings. The summed E-state index contributed by atoms with van der Waals surface area (Å²) in [6.07, 6.45) is 0. The predicted molar refractivity (Wildman–Crippen MR) is 67.4 cm³/mol. The van der Waals surface area contributed by atoms with Crippen LogP contribution in [-0.4, -0.2) is 0 Å². The van der Waals surface area contributed by atoms with Gasteiger partial charge in [0.15, 0.2) is 0 Å². The minimum absolute atomic E-state index is 0.132. The summed E-state index contributed by atoms with van der Waals surface area (Å²) < 4.78 is 27.9. The Bertz CT molecular complexity index is 555. The lowest BCUT2D eigenvalue weighted by Gasteiger charge is -2.06. The van der Waals surface area contributed by atoms with E-state index in [9.17, 15) is 8.78 Å². The molecule has 0 bridgehead atoms. The smallest absolute Gasteiger partial charge is 0.131 e. The molecule has 17 heavy (non-hydrogen) atoms. The summed E-state index contributed by atoms with van der Waals surface area (Å²) in [6.45, 7) is 0.132. The molecule has 0 aromatic heterocycles. The molecule has 2 rings (SSSR count). The highest BCUT2D eigenvalue weighted by Gasteiger charge is 2.08. The zero-order chi connectivity index (χ0) is 12.4. The van der Waals surface area contributed by atoms with E-state index in [1.54, 1.807) is 24.3 Å². The van der Waals surface area contributed by atoms with Crippen LogP contribution in [0.5, 0.6) is 0 Å². The summed E-state index contributed by atoms with van der Waals surface area (Å²) in [5, 5.41) is 0. The zero-order valence-corrected chi connectivity index (χ0v) is 10.5. The van der Waals surface area contributed by atoms with E-state index in [1.165, 1.54) is 12.1 Å². The van der Waals surface area contributed by atoms with Gasteiger partial charge in [-0.15, -0.1) is 0 Å². The molecule has 0 spiro atoms. The Morgan fingerprint density at radius 2 is 1.76 bits per heavy atom. The van der Waals surface area contributed by atoms with Gasteiger partial charge in [0.1, 0.15) is 11.6 Å². The molecule has 0 unspecified atom stereocenters. The highest BCUT2D eigenvalue weighted by atomic mass is 79.9. The van der Waals surface area contributed by atoms with Crippen molar-refractivity contribution in [1.29, 1.82) is 0 Å². The van der Waals surface area contributed by atoms with E-state index in [-0.39, 0.29) is 12.4 Å². The maximum absolute atomic E-state index is 13.6. The molecular weight excluding hydrogens is 288 g/mol. The molecule has 4 heteroatoms. The molecule has 0 heterocycles. The molecule has 0 atom stereocenters. The first kappa shape index (κ1) is 12.2. The van der Waals surface area contributed by atoms with Crippen molar-refractivity contribution < 1.29 is 8.78 Å². The Morgan fingerprint density at radius 1 is 1.00 bits per heavy atom. The number of nitrogens with two attached hydrogens (primary N) is 1. The third-order valence-electron chi connectivity index (χ3n) is 2.51. The first-order valence-corrected chi connectivity index (χ1v) is 5.85. The Labute approximate surface area is 106 Å². The van der Waals surface area contributed by atoms with E-state index in [2.05, 4.69) is 15.9 Å². The van der Waals surface area contributed by atoms with Crippen molar-refractivity contribution in [1.82, 2.24) is 0 Å². The molecule has 0 saturated heterocycles. The van der Waals surface area contributed by atoms with Crippen LogP contribution in [0.2, 0.25) is 0 Å². The van der Waals surface area contributed by atoms with Crippen molar-refractivity contribution in [2.75, 3.05) is 0 Å². The topological polar surface area (TPSA) is 26.0 Å². The maximum Gasteiger partial charge on any atom is 0.131 e. The molecule has 1 nitrogen and oxygen atoms in total. The normalized spacial score (nSPS) is 10.6. The number of halogens is 3. The molecule has 2 N–H and O–H groups in total. The van der Waals surface area contributed by atoms with E-state index >= 15 is 0 Å². The van der Waals surface area contributed by atoms with Crippen LogP contribution < -0.4 is 5.73 Å². The second-order valence-corrected chi connectivity index (χ2v) is 4.55. The van der Waals surface area contributed by atoms with Crippen LogP contribution >= 0.6 is 15.9 Å². The minimum atomic E-state index is -0.413. The summed E-state index contributed by atoms with van der Waals surface area (Å²) in [5.74, 6) is -0.794. The van der Waals surface area contributed by atoms with Crippen molar-refractivity contribution in [2.45, 2.75) is 6.54 Å². The van der Waals surface area contributed by atoms with Crippen LogP contribution in [0.15, 0.2) is 40.9 Å². The van der Waals surface area contributed by atoms with Gasteiger partial charge >= 0.3 is 0 Å². The van der Waals surface area contributed by atoms with Crippen LogP contribution in [0.25, 0.3) is 11.1 Å². The van der Waals surface area contributed by atoms with Crippen molar-refractivity contribution in [3.8, 4) is 11.1 Å². The Kier molecular flexibility index (Phi) is 3.54. The van der Waals surface area contributed by atoms with Crippen LogP contribution in [0, 0.1) is 11.6 Å². The van der Waals surface area contributed by atoms with Crippen molar-refractivity contribution >= 4 is 15.9 Å². The highest BCUT2D eigenvalue weighted by Crippen LogP contribution is 2.27. The molecule has 2 aromatic rings. The van der Waals surface area contributed by atoms with Gasteiger partial charge in [-0.05, 0) is 29.8 Å². The number of hydrogen-bond donors (Lipinski definition) is 1. The minimum Gasteiger partial charge on any atom is -0.326 e. The van der Waals surface area contributed by atoms with Crippen LogP contribution in [0.3, 0.4) is 0 Å². The fourth-order valence-corrected chi connectivity index (χ4v) is 1.96. The van der Waals surface area contributed by atoms with Crippen molar-refractivity contribution in [2.24, 2.45) is 5.73 Å². The lowest BCUT2D eigenvalue weighted by Crippen LogP contribution is -1.99. The molecule has 88 valence electrons. The molecule has 0 radical (unpaired) electrons. The average molecular weight is 298 g/mol. The van der Waals surface area contributed by atoms with Gasteiger partial charge in [-0.25, -0.2) is 8.78 Å². The molecule has 0 aliphatic rings. The number of rotatable bonds is 2. The second-order valence-electron chi connectivity index (χ2n) is 3.63. The average Bonchev–Trinajstić information content (AvgIpc) is 2.32. The van der Waals surface area contributed by atoms with E-state index in [0.29, 0.717) is 16.7 Å². The van der Waals surface area contributed by atoms with Gasteiger partial charge in [-0.3, -0.25) is 0 Å². The van der Waals surface area contributed by atoms with Crippen LogP contribution in [0.4, 0.5) is 8.78 Å². The van der Waals surface area contributed by atoms with Gasteiger partial charge in [0.05, 0.1) is 0 Å². The van der Waals surface area contributed by atoms with Gasteiger partial charge in [-0.2, -0.15) is 0 Å². The Morgan fingerprint density at radius 3 is 2.41 bits per heavy atom. The molecule has 0 amide bonds. The second kappa shape index (κ2) is 4.94. The monoisotopic (exact) mass is 297 g/mol. The number of benzene rings is 2. The molecular formula is C13H10BrF2N. The van der Waals surface area contributed by atoms with Gasteiger partial charge in [0, 0.05) is 22.1 Å². The van der Waals surface area contributed by atoms with Crippen LogP contribution in [-0.2, 0) is 6.54 Å². The Hall–Kier alpha value is -1.26. The Balaban J connectivity index is 2.53. The largest absolute Gasteiger partial charge is 0.326 e. The molecule has 0 aliphatic heterocycles. The summed E-state index contributed by atoms with van der Waals surface area (Å²) in [5.41, 5.74) is 6.65. The summed E-state index contributed by atoms with van der Waals surface area (Å²) in [7, 11) is 0. The fourth-order valence-electron chi connectivity index (χ4n) is 1.60. The van der Waals surface area contributed by atoms with Crippen molar-refractivity contribution in [3.05, 3.63) is 58.1 Å². The molecule has 0 aliphatic carbocycles. The fraction of sp³-hybridized carbons (Fsp3) is 0.0769. The molecule has 0 saturated carbocycles. The van der Waals surface area contributed by atoms with Crippen molar-refractivity contribution in [3.63, 3.8) is 0 Å². The van der Waals surface area contributed by atoms with Gasteiger partial charge < -0.3 is 5.73 Å². The lowest BCUT2D eigenvalue weighted by molar-refractivity contribution is 0.610. The first-order chi connectivity index (χ1) is 8.11. The maximum atomic E-state index is 13.6. The summed E-state index contributed by atoms with van der Waals surface area (Å²) in [6, 6.07) is 9.10. The van der Waals surface area contributed by atoms with Crippen LogP contribution in [0.1, 0.15) is 5.56 Å². The third kappa shape index (κ3) is 2.53. The van der Waals surface area contributed by atoms with Gasteiger partial charge in [0.2, 0.25) is 0 Å². The van der Waals surface area contributed by atoms with E-state index in [4.69, 9.17) is 5.73 Å². The number of hydrogen-bond acceptors (Lipinski definition) is 1. The van der Waals surface area contributed by atoms with Gasteiger partial charge in [-0.1, -0.05) is 28.1 Å². The zero-order valence-electron chi connectivity index (χ0n) is 8.88. The molecule has 2 aromatic carbocycles. The standard InChI is InChI=1S/C13H10BrF2N/c14-10-3-4-12(15)11(6-10)8-1-2-9(7-17)13(16)5-8/h1-6H,7,17H2.